The maximum atomic E-state index is 4.55. The van der Waals surface area contributed by atoms with E-state index < -0.39 is 0 Å². The van der Waals surface area contributed by atoms with E-state index in [1.807, 2.05) is 18.7 Å². The summed E-state index contributed by atoms with van der Waals surface area (Å²) in [6.45, 7) is 8.58. The average molecular weight is 302 g/mol. The van der Waals surface area contributed by atoms with Crippen molar-refractivity contribution in [3.63, 3.8) is 0 Å². The Kier molecular flexibility index (Phi) is 5.65. The Bertz CT molecular complexity index is 583. The lowest BCUT2D eigenvalue weighted by atomic mass is 10.0. The molecule has 0 aliphatic carbocycles. The molecule has 0 bridgehead atoms. The summed E-state index contributed by atoms with van der Waals surface area (Å²) < 4.78 is 0.371. The fourth-order valence-electron chi connectivity index (χ4n) is 2.68. The van der Waals surface area contributed by atoms with Crippen molar-refractivity contribution in [1.29, 1.82) is 0 Å². The van der Waals surface area contributed by atoms with E-state index in [1.54, 1.807) is 0 Å². The zero-order valence-corrected chi connectivity index (χ0v) is 14.4. The number of fused-ring (bicyclic) bond motifs is 1. The van der Waals surface area contributed by atoms with Crippen molar-refractivity contribution in [3.05, 3.63) is 41.6 Å². The first kappa shape index (κ1) is 16.3. The summed E-state index contributed by atoms with van der Waals surface area (Å²) in [5.74, 6) is 0. The van der Waals surface area contributed by atoms with Gasteiger partial charge in [0.1, 0.15) is 0 Å². The fourth-order valence-corrected chi connectivity index (χ4v) is 3.51. The second kappa shape index (κ2) is 7.28. The molecule has 0 fully saturated rings. The van der Waals surface area contributed by atoms with Crippen molar-refractivity contribution in [2.75, 3.05) is 12.8 Å². The largest absolute Gasteiger partial charge is 0.311 e. The summed E-state index contributed by atoms with van der Waals surface area (Å²) >= 11 is 1.98. The molecule has 0 saturated heterocycles. The lowest BCUT2D eigenvalue weighted by Crippen LogP contribution is -2.36. The second-order valence-electron chi connectivity index (χ2n) is 5.68. The maximum absolute atomic E-state index is 4.55. The molecule has 0 aliphatic heterocycles. The molecule has 1 N–H and O–H groups in total. The Labute approximate surface area is 132 Å². The Morgan fingerprint density at radius 3 is 2.57 bits per heavy atom. The molecule has 2 rings (SSSR count). The van der Waals surface area contributed by atoms with Crippen molar-refractivity contribution >= 4 is 22.7 Å². The van der Waals surface area contributed by atoms with E-state index in [2.05, 4.69) is 60.7 Å². The molecular formula is C18H26N2S. The summed E-state index contributed by atoms with van der Waals surface area (Å²) in [7, 11) is 0. The summed E-state index contributed by atoms with van der Waals surface area (Å²) in [6, 6.07) is 10.8. The van der Waals surface area contributed by atoms with Crippen molar-refractivity contribution in [3.8, 4) is 0 Å². The number of benzene rings is 1. The zero-order chi connectivity index (χ0) is 15.3. The minimum atomic E-state index is 0.371. The molecule has 114 valence electrons. The minimum Gasteiger partial charge on any atom is -0.311 e. The number of pyridine rings is 1. The lowest BCUT2D eigenvalue weighted by molar-refractivity contribution is 0.495. The first-order valence-corrected chi connectivity index (χ1v) is 8.97. The lowest BCUT2D eigenvalue weighted by Gasteiger charge is -2.30. The molecule has 21 heavy (non-hydrogen) atoms. The van der Waals surface area contributed by atoms with Crippen LogP contribution in [0.2, 0.25) is 0 Å². The third kappa shape index (κ3) is 3.98. The highest BCUT2D eigenvalue weighted by atomic mass is 32.2. The van der Waals surface area contributed by atoms with E-state index in [9.17, 15) is 0 Å². The molecule has 1 aromatic carbocycles. The molecular weight excluding hydrogens is 276 g/mol. The third-order valence-corrected chi connectivity index (χ3v) is 5.98. The Hall–Kier alpha value is -1.06. The van der Waals surface area contributed by atoms with E-state index in [1.165, 1.54) is 23.8 Å². The van der Waals surface area contributed by atoms with Gasteiger partial charge in [-0.15, -0.1) is 0 Å². The third-order valence-electron chi connectivity index (χ3n) is 4.39. The van der Waals surface area contributed by atoms with E-state index in [0.717, 1.165) is 24.3 Å². The van der Waals surface area contributed by atoms with Gasteiger partial charge in [0.25, 0.3) is 0 Å². The fraction of sp³-hybridized carbons (Fsp3) is 0.500. The van der Waals surface area contributed by atoms with E-state index in [0.29, 0.717) is 4.75 Å². The molecule has 3 heteroatoms. The molecule has 0 atom stereocenters. The smallest absolute Gasteiger partial charge is 0.0705 e. The number of hydrogen-bond acceptors (Lipinski definition) is 3. The van der Waals surface area contributed by atoms with Crippen LogP contribution in [0.15, 0.2) is 30.3 Å². The second-order valence-corrected chi connectivity index (χ2v) is 6.95. The first-order chi connectivity index (χ1) is 10.1. The van der Waals surface area contributed by atoms with E-state index >= 15 is 0 Å². The monoisotopic (exact) mass is 302 g/mol. The van der Waals surface area contributed by atoms with Gasteiger partial charge >= 0.3 is 0 Å². The summed E-state index contributed by atoms with van der Waals surface area (Å²) in [4.78, 5) is 4.55. The molecule has 0 spiro atoms. The highest BCUT2D eigenvalue weighted by Crippen LogP contribution is 2.29. The van der Waals surface area contributed by atoms with Crippen LogP contribution < -0.4 is 5.32 Å². The highest BCUT2D eigenvalue weighted by Gasteiger charge is 2.23. The van der Waals surface area contributed by atoms with Crippen LogP contribution in [0.3, 0.4) is 0 Å². The van der Waals surface area contributed by atoms with Gasteiger partial charge in [0.05, 0.1) is 5.52 Å². The number of nitrogens with zero attached hydrogens (tertiary/aromatic N) is 1. The quantitative estimate of drug-likeness (QED) is 0.812. The Morgan fingerprint density at radius 2 is 1.90 bits per heavy atom. The number of nitrogens with one attached hydrogen (secondary N) is 1. The summed E-state index contributed by atoms with van der Waals surface area (Å²) in [5.41, 5.74) is 3.48. The Balaban J connectivity index is 2.02. The van der Waals surface area contributed by atoms with Gasteiger partial charge in [-0.05, 0) is 49.8 Å². The molecule has 1 aromatic heterocycles. The molecule has 2 nitrogen and oxygen atoms in total. The normalized spacial score (nSPS) is 12.0. The van der Waals surface area contributed by atoms with Gasteiger partial charge in [-0.2, -0.15) is 11.8 Å². The Morgan fingerprint density at radius 1 is 1.14 bits per heavy atom. The van der Waals surface area contributed by atoms with Crippen molar-refractivity contribution in [2.45, 2.75) is 44.9 Å². The number of rotatable bonds is 7. The van der Waals surface area contributed by atoms with Gasteiger partial charge in [-0.1, -0.05) is 26.0 Å². The van der Waals surface area contributed by atoms with E-state index in [-0.39, 0.29) is 0 Å². The van der Waals surface area contributed by atoms with Gasteiger partial charge in [0.2, 0.25) is 0 Å². The van der Waals surface area contributed by atoms with Gasteiger partial charge < -0.3 is 5.32 Å². The summed E-state index contributed by atoms with van der Waals surface area (Å²) in [5, 5.41) is 4.85. The molecule has 2 aromatic rings. The van der Waals surface area contributed by atoms with Crippen molar-refractivity contribution < 1.29 is 0 Å². The first-order valence-electron chi connectivity index (χ1n) is 7.74. The molecule has 0 saturated carbocycles. The predicted molar refractivity (Wildman–Crippen MR) is 95.0 cm³/mol. The van der Waals surface area contributed by atoms with Gasteiger partial charge in [-0.3, -0.25) is 4.98 Å². The topological polar surface area (TPSA) is 24.9 Å². The molecule has 0 unspecified atom stereocenters. The zero-order valence-electron chi connectivity index (χ0n) is 13.6. The standard InChI is InChI=1S/C18H26N2S/c1-5-18(6-2,21-4)13-19-12-15-8-10-17-16(11-15)9-7-14(3)20-17/h7-11,19H,5-6,12-13H2,1-4H3. The van der Waals surface area contributed by atoms with Crippen LogP contribution in [-0.4, -0.2) is 22.5 Å². The molecule has 0 radical (unpaired) electrons. The van der Waals surface area contributed by atoms with Crippen LogP contribution in [0.1, 0.15) is 37.9 Å². The van der Waals surface area contributed by atoms with E-state index in [4.69, 9.17) is 0 Å². The van der Waals surface area contributed by atoms with Crippen LogP contribution in [-0.2, 0) is 6.54 Å². The van der Waals surface area contributed by atoms with Gasteiger partial charge in [-0.25, -0.2) is 0 Å². The van der Waals surface area contributed by atoms with Gasteiger partial charge in [0.15, 0.2) is 0 Å². The van der Waals surface area contributed by atoms with Crippen LogP contribution in [0, 0.1) is 6.92 Å². The number of aromatic nitrogens is 1. The van der Waals surface area contributed by atoms with Crippen molar-refractivity contribution in [2.24, 2.45) is 0 Å². The average Bonchev–Trinajstić information content (AvgIpc) is 2.52. The molecule has 0 amide bonds. The predicted octanol–water partition coefficient (Wildman–Crippen LogP) is 4.55. The summed E-state index contributed by atoms with van der Waals surface area (Å²) in [6.07, 6.45) is 4.63. The number of thioether (sulfide) groups is 1. The van der Waals surface area contributed by atoms with Gasteiger partial charge in [0, 0.05) is 28.9 Å². The van der Waals surface area contributed by atoms with Crippen molar-refractivity contribution in [1.82, 2.24) is 10.3 Å². The van der Waals surface area contributed by atoms with Crippen LogP contribution >= 0.6 is 11.8 Å². The number of hydrogen-bond donors (Lipinski definition) is 1. The highest BCUT2D eigenvalue weighted by molar-refractivity contribution is 8.00. The minimum absolute atomic E-state index is 0.371. The van der Waals surface area contributed by atoms with Crippen LogP contribution in [0.5, 0.6) is 0 Å². The molecule has 1 heterocycles. The maximum Gasteiger partial charge on any atom is 0.0705 e. The van der Waals surface area contributed by atoms with Crippen LogP contribution in [0.4, 0.5) is 0 Å². The number of aryl methyl sites for hydroxylation is 1. The molecule has 0 aliphatic rings. The van der Waals surface area contributed by atoms with Crippen LogP contribution in [0.25, 0.3) is 10.9 Å². The SMILES string of the molecule is CCC(CC)(CNCc1ccc2nc(C)ccc2c1)SC.